The van der Waals surface area contributed by atoms with Gasteiger partial charge in [0.15, 0.2) is 0 Å². The molecule has 148 valence electrons. The largest absolute Gasteiger partial charge is 0.495 e. The molecule has 27 heavy (non-hydrogen) atoms. The van der Waals surface area contributed by atoms with Crippen molar-refractivity contribution >= 4 is 15.7 Å². The second-order valence-electron chi connectivity index (χ2n) is 5.68. The van der Waals surface area contributed by atoms with Crippen LogP contribution in [0, 0.1) is 0 Å². The fraction of sp³-hybridized carbons (Fsp3) is 0.333. The number of aryl methyl sites for hydroxylation is 1. The fourth-order valence-corrected chi connectivity index (χ4v) is 3.17. The van der Waals surface area contributed by atoms with Crippen LogP contribution >= 0.6 is 0 Å². The van der Waals surface area contributed by atoms with Crippen molar-refractivity contribution in [3.05, 3.63) is 53.6 Å². The first kappa shape index (κ1) is 20.9. The molecule has 0 atom stereocenters. The second-order valence-corrected chi connectivity index (χ2v) is 7.52. The van der Waals surface area contributed by atoms with Gasteiger partial charge >= 0.3 is 6.18 Å². The molecule has 0 saturated carbocycles. The van der Waals surface area contributed by atoms with E-state index in [9.17, 15) is 21.6 Å². The standard InChI is InChI=1S/C18H20F3NO4S/c1-3-13-4-7-15(8-5-13)26-10-11-27(23,24)22-16-12-14(18(19,20)21)6-9-17(16)25-2/h4-9,12,22H,3,10-11H2,1-2H3. The average Bonchev–Trinajstić information content (AvgIpc) is 2.61. The van der Waals surface area contributed by atoms with Crippen LogP contribution < -0.4 is 14.2 Å². The number of rotatable bonds is 8. The van der Waals surface area contributed by atoms with Crippen LogP contribution in [0.2, 0.25) is 0 Å². The third-order valence-corrected chi connectivity index (χ3v) is 4.98. The molecule has 1 N–H and O–H groups in total. The van der Waals surface area contributed by atoms with E-state index < -0.39 is 27.5 Å². The number of nitrogens with one attached hydrogen (secondary N) is 1. The third-order valence-electron chi connectivity index (χ3n) is 3.74. The van der Waals surface area contributed by atoms with Crippen LogP contribution in [-0.4, -0.2) is 27.9 Å². The molecule has 0 fully saturated rings. The molecule has 0 saturated heterocycles. The molecule has 0 spiro atoms. The maximum absolute atomic E-state index is 12.8. The summed E-state index contributed by atoms with van der Waals surface area (Å²) in [6.07, 6.45) is -3.72. The lowest BCUT2D eigenvalue weighted by molar-refractivity contribution is -0.137. The molecule has 0 aliphatic heterocycles. The number of anilines is 1. The molecule has 0 aliphatic carbocycles. The monoisotopic (exact) mass is 403 g/mol. The van der Waals surface area contributed by atoms with Gasteiger partial charge in [-0.15, -0.1) is 0 Å². The zero-order valence-corrected chi connectivity index (χ0v) is 15.7. The molecule has 0 aromatic heterocycles. The molecule has 0 radical (unpaired) electrons. The Kier molecular flexibility index (Phi) is 6.59. The van der Waals surface area contributed by atoms with Crippen molar-refractivity contribution in [3.63, 3.8) is 0 Å². The number of hydrogen-bond acceptors (Lipinski definition) is 4. The highest BCUT2D eigenvalue weighted by molar-refractivity contribution is 7.92. The summed E-state index contributed by atoms with van der Waals surface area (Å²) in [6.45, 7) is 1.86. The van der Waals surface area contributed by atoms with E-state index in [1.54, 1.807) is 12.1 Å². The first-order chi connectivity index (χ1) is 12.6. The molecular weight excluding hydrogens is 383 g/mol. The fourth-order valence-electron chi connectivity index (χ4n) is 2.27. The highest BCUT2D eigenvalue weighted by Crippen LogP contribution is 2.35. The van der Waals surface area contributed by atoms with Crippen LogP contribution in [0.3, 0.4) is 0 Å². The molecule has 0 aliphatic rings. The molecule has 9 heteroatoms. The first-order valence-electron chi connectivity index (χ1n) is 8.12. The van der Waals surface area contributed by atoms with Gasteiger partial charge in [-0.3, -0.25) is 4.72 Å². The Labute approximate surface area is 156 Å². The van der Waals surface area contributed by atoms with Gasteiger partial charge in [0.2, 0.25) is 10.0 Å². The Bertz CT molecular complexity index is 865. The number of ether oxygens (including phenoxy) is 2. The predicted octanol–water partition coefficient (Wildman–Crippen LogP) is 4.10. The van der Waals surface area contributed by atoms with E-state index in [0.717, 1.165) is 24.1 Å². The van der Waals surface area contributed by atoms with Gasteiger partial charge in [0.1, 0.15) is 23.9 Å². The minimum atomic E-state index is -4.60. The van der Waals surface area contributed by atoms with E-state index in [0.29, 0.717) is 11.8 Å². The summed E-state index contributed by atoms with van der Waals surface area (Å²) in [7, 11) is -2.70. The van der Waals surface area contributed by atoms with Gasteiger partial charge in [0.25, 0.3) is 0 Å². The van der Waals surface area contributed by atoms with Crippen molar-refractivity contribution in [1.82, 2.24) is 0 Å². The van der Waals surface area contributed by atoms with Crippen molar-refractivity contribution in [3.8, 4) is 11.5 Å². The number of alkyl halides is 3. The van der Waals surface area contributed by atoms with Gasteiger partial charge in [0, 0.05) is 0 Å². The van der Waals surface area contributed by atoms with Crippen molar-refractivity contribution in [2.24, 2.45) is 0 Å². The molecule has 0 heterocycles. The zero-order chi connectivity index (χ0) is 20.1. The van der Waals surface area contributed by atoms with Crippen molar-refractivity contribution < 1.29 is 31.1 Å². The molecule has 2 aromatic carbocycles. The average molecular weight is 403 g/mol. The van der Waals surface area contributed by atoms with E-state index in [-0.39, 0.29) is 18.0 Å². The first-order valence-corrected chi connectivity index (χ1v) is 9.77. The van der Waals surface area contributed by atoms with Gasteiger partial charge in [-0.2, -0.15) is 13.2 Å². The number of sulfonamides is 1. The highest BCUT2D eigenvalue weighted by atomic mass is 32.2. The molecule has 5 nitrogen and oxygen atoms in total. The van der Waals surface area contributed by atoms with E-state index in [1.807, 2.05) is 19.1 Å². The van der Waals surface area contributed by atoms with Gasteiger partial charge in [0.05, 0.1) is 18.4 Å². The Morgan fingerprint density at radius 1 is 1.07 bits per heavy atom. The van der Waals surface area contributed by atoms with E-state index in [2.05, 4.69) is 4.72 Å². The maximum atomic E-state index is 12.8. The third kappa shape index (κ3) is 6.06. The number of hydrogen-bond donors (Lipinski definition) is 1. The Balaban J connectivity index is 2.04. The predicted molar refractivity (Wildman–Crippen MR) is 96.7 cm³/mol. The van der Waals surface area contributed by atoms with Crippen molar-refractivity contribution in [2.45, 2.75) is 19.5 Å². The molecule has 2 aromatic rings. The van der Waals surface area contributed by atoms with E-state index in [4.69, 9.17) is 9.47 Å². The summed E-state index contributed by atoms with van der Waals surface area (Å²) in [4.78, 5) is 0. The zero-order valence-electron chi connectivity index (χ0n) is 14.8. The quantitative estimate of drug-likeness (QED) is 0.721. The van der Waals surface area contributed by atoms with E-state index >= 15 is 0 Å². The number of halogens is 3. The Morgan fingerprint density at radius 3 is 2.30 bits per heavy atom. The smallest absolute Gasteiger partial charge is 0.416 e. The Hall–Kier alpha value is -2.42. The lowest BCUT2D eigenvalue weighted by atomic mass is 10.2. The summed E-state index contributed by atoms with van der Waals surface area (Å²) >= 11 is 0. The Morgan fingerprint density at radius 2 is 1.74 bits per heavy atom. The van der Waals surface area contributed by atoms with Crippen LogP contribution in [0.4, 0.5) is 18.9 Å². The normalized spacial score (nSPS) is 11.9. The summed E-state index contributed by atoms with van der Waals surface area (Å²) in [6, 6.07) is 9.78. The van der Waals surface area contributed by atoms with Crippen molar-refractivity contribution in [2.75, 3.05) is 24.2 Å². The van der Waals surface area contributed by atoms with Crippen LogP contribution in [0.15, 0.2) is 42.5 Å². The van der Waals surface area contributed by atoms with Crippen LogP contribution in [0.5, 0.6) is 11.5 Å². The van der Waals surface area contributed by atoms with Crippen LogP contribution in [0.1, 0.15) is 18.1 Å². The van der Waals surface area contributed by atoms with E-state index in [1.165, 1.54) is 7.11 Å². The van der Waals surface area contributed by atoms with Crippen LogP contribution in [0.25, 0.3) is 0 Å². The van der Waals surface area contributed by atoms with Crippen molar-refractivity contribution in [1.29, 1.82) is 0 Å². The summed E-state index contributed by atoms with van der Waals surface area (Å²) < 4.78 is 75.3. The maximum Gasteiger partial charge on any atom is 0.416 e. The highest BCUT2D eigenvalue weighted by Gasteiger charge is 2.31. The molecule has 0 bridgehead atoms. The molecule has 2 rings (SSSR count). The van der Waals surface area contributed by atoms with Gasteiger partial charge in [-0.25, -0.2) is 8.42 Å². The summed E-state index contributed by atoms with van der Waals surface area (Å²) in [5.41, 5.74) is -0.138. The van der Waals surface area contributed by atoms with Crippen LogP contribution in [-0.2, 0) is 22.6 Å². The van der Waals surface area contributed by atoms with Gasteiger partial charge in [-0.1, -0.05) is 19.1 Å². The van der Waals surface area contributed by atoms with Gasteiger partial charge < -0.3 is 9.47 Å². The summed E-state index contributed by atoms with van der Waals surface area (Å²) in [5.74, 6) is 0.0729. The number of methoxy groups -OCH3 is 1. The summed E-state index contributed by atoms with van der Waals surface area (Å²) in [5, 5.41) is 0. The lowest BCUT2D eigenvalue weighted by Crippen LogP contribution is -2.22. The van der Waals surface area contributed by atoms with Gasteiger partial charge in [-0.05, 0) is 42.3 Å². The number of benzene rings is 2. The molecular formula is C18H20F3NO4S. The topological polar surface area (TPSA) is 64.6 Å². The minimum absolute atomic E-state index is 0.0114. The second kappa shape index (κ2) is 8.51. The SMILES string of the molecule is CCc1ccc(OCCS(=O)(=O)Nc2cc(C(F)(F)F)ccc2OC)cc1. The molecule has 0 amide bonds. The minimum Gasteiger partial charge on any atom is -0.495 e. The lowest BCUT2D eigenvalue weighted by Gasteiger charge is -2.15. The molecule has 0 unspecified atom stereocenters.